The Kier molecular flexibility index (Phi) is 4.49. The second kappa shape index (κ2) is 5.43. The molecule has 0 amide bonds. The van der Waals surface area contributed by atoms with E-state index >= 15 is 0 Å². The SMILES string of the molecule is O=C(O)CCS(=O)(=O)NCC1CCNC1. The Bertz CT molecular complexity index is 309. The topological polar surface area (TPSA) is 95.5 Å². The third-order valence-electron chi connectivity index (χ3n) is 2.34. The lowest BCUT2D eigenvalue weighted by atomic mass is 10.1. The first-order chi connectivity index (χ1) is 6.99. The van der Waals surface area contributed by atoms with Crippen LogP contribution in [0.2, 0.25) is 0 Å². The predicted octanol–water partition coefficient (Wildman–Crippen LogP) is -1.01. The van der Waals surface area contributed by atoms with Crippen LogP contribution in [0.25, 0.3) is 0 Å². The number of carboxylic acid groups (broad SMARTS) is 1. The molecule has 7 heteroatoms. The molecule has 1 heterocycles. The minimum Gasteiger partial charge on any atom is -0.481 e. The van der Waals surface area contributed by atoms with Crippen LogP contribution in [-0.2, 0) is 14.8 Å². The van der Waals surface area contributed by atoms with Crippen LogP contribution >= 0.6 is 0 Å². The molecule has 6 nitrogen and oxygen atoms in total. The molecule has 1 fully saturated rings. The van der Waals surface area contributed by atoms with Gasteiger partial charge in [-0.25, -0.2) is 13.1 Å². The maximum absolute atomic E-state index is 11.3. The van der Waals surface area contributed by atoms with Crippen molar-refractivity contribution in [2.45, 2.75) is 12.8 Å². The van der Waals surface area contributed by atoms with Crippen molar-refractivity contribution in [1.82, 2.24) is 10.0 Å². The van der Waals surface area contributed by atoms with E-state index < -0.39 is 16.0 Å². The van der Waals surface area contributed by atoms with Gasteiger partial charge in [0.15, 0.2) is 0 Å². The molecule has 88 valence electrons. The molecule has 0 aromatic rings. The fraction of sp³-hybridized carbons (Fsp3) is 0.875. The van der Waals surface area contributed by atoms with Gasteiger partial charge >= 0.3 is 5.97 Å². The molecule has 1 rings (SSSR count). The number of hydrogen-bond donors (Lipinski definition) is 3. The van der Waals surface area contributed by atoms with Crippen LogP contribution in [-0.4, -0.2) is 44.9 Å². The van der Waals surface area contributed by atoms with Gasteiger partial charge in [0.1, 0.15) is 0 Å². The molecule has 1 saturated heterocycles. The summed E-state index contributed by atoms with van der Waals surface area (Å²) in [7, 11) is -3.42. The van der Waals surface area contributed by atoms with E-state index in [-0.39, 0.29) is 12.2 Å². The monoisotopic (exact) mass is 236 g/mol. The summed E-state index contributed by atoms with van der Waals surface area (Å²) in [4.78, 5) is 10.2. The van der Waals surface area contributed by atoms with Gasteiger partial charge in [-0.2, -0.15) is 0 Å². The Balaban J connectivity index is 2.26. The number of sulfonamides is 1. The van der Waals surface area contributed by atoms with E-state index in [4.69, 9.17) is 5.11 Å². The van der Waals surface area contributed by atoms with Crippen molar-refractivity contribution in [2.24, 2.45) is 5.92 Å². The van der Waals surface area contributed by atoms with Crippen molar-refractivity contribution in [2.75, 3.05) is 25.4 Å². The first kappa shape index (κ1) is 12.4. The van der Waals surface area contributed by atoms with Crippen LogP contribution < -0.4 is 10.0 Å². The summed E-state index contributed by atoms with van der Waals surface area (Å²) >= 11 is 0. The van der Waals surface area contributed by atoms with Crippen LogP contribution in [0.15, 0.2) is 0 Å². The first-order valence-corrected chi connectivity index (χ1v) is 6.55. The van der Waals surface area contributed by atoms with Crippen LogP contribution in [0.5, 0.6) is 0 Å². The molecule has 1 aliphatic rings. The van der Waals surface area contributed by atoms with E-state index in [2.05, 4.69) is 10.0 Å². The van der Waals surface area contributed by atoms with Crippen LogP contribution in [0.4, 0.5) is 0 Å². The summed E-state index contributed by atoms with van der Waals surface area (Å²) in [5, 5.41) is 11.5. The Morgan fingerprint density at radius 2 is 2.27 bits per heavy atom. The summed E-state index contributed by atoms with van der Waals surface area (Å²) in [5.41, 5.74) is 0. The van der Waals surface area contributed by atoms with Crippen molar-refractivity contribution in [3.05, 3.63) is 0 Å². The maximum atomic E-state index is 11.3. The molecule has 0 spiro atoms. The standard InChI is InChI=1S/C8H16N2O4S/c11-8(12)2-4-15(13,14)10-6-7-1-3-9-5-7/h7,9-10H,1-6H2,(H,11,12). The van der Waals surface area contributed by atoms with Gasteiger partial charge in [-0.3, -0.25) is 4.79 Å². The minimum absolute atomic E-state index is 0.324. The van der Waals surface area contributed by atoms with Gasteiger partial charge in [-0.1, -0.05) is 0 Å². The normalized spacial score (nSPS) is 21.7. The number of nitrogens with one attached hydrogen (secondary N) is 2. The average molecular weight is 236 g/mol. The molecule has 0 aliphatic carbocycles. The van der Waals surface area contributed by atoms with Crippen molar-refractivity contribution in [3.63, 3.8) is 0 Å². The number of aliphatic carboxylic acids is 1. The molecule has 15 heavy (non-hydrogen) atoms. The van der Waals surface area contributed by atoms with Gasteiger partial charge in [0.2, 0.25) is 10.0 Å². The number of carbonyl (C=O) groups is 1. The summed E-state index contributed by atoms with van der Waals surface area (Å²) in [5.74, 6) is -1.12. The minimum atomic E-state index is -3.42. The summed E-state index contributed by atoms with van der Waals surface area (Å²) in [6, 6.07) is 0. The molecule has 1 aliphatic heterocycles. The van der Waals surface area contributed by atoms with Crippen LogP contribution in [0, 0.1) is 5.92 Å². The summed E-state index contributed by atoms with van der Waals surface area (Å²) < 4.78 is 25.0. The molecule has 0 saturated carbocycles. The third kappa shape index (κ3) is 5.10. The highest BCUT2D eigenvalue weighted by Crippen LogP contribution is 2.06. The van der Waals surface area contributed by atoms with Crippen LogP contribution in [0.3, 0.4) is 0 Å². The van der Waals surface area contributed by atoms with Crippen molar-refractivity contribution < 1.29 is 18.3 Å². The molecule has 3 N–H and O–H groups in total. The quantitative estimate of drug-likeness (QED) is 0.549. The summed E-state index contributed by atoms with van der Waals surface area (Å²) in [6.45, 7) is 2.14. The molecular formula is C8H16N2O4S. The fourth-order valence-corrected chi connectivity index (χ4v) is 2.50. The van der Waals surface area contributed by atoms with E-state index in [9.17, 15) is 13.2 Å². The Hall–Kier alpha value is -0.660. The molecule has 0 aromatic carbocycles. The zero-order valence-corrected chi connectivity index (χ0v) is 9.22. The van der Waals surface area contributed by atoms with Gasteiger partial charge in [0.25, 0.3) is 0 Å². The lowest BCUT2D eigenvalue weighted by molar-refractivity contribution is -0.136. The van der Waals surface area contributed by atoms with E-state index in [1.54, 1.807) is 0 Å². The lowest BCUT2D eigenvalue weighted by Gasteiger charge is -2.09. The molecule has 0 bridgehead atoms. The Labute approximate surface area is 89.1 Å². The van der Waals surface area contributed by atoms with Gasteiger partial charge < -0.3 is 10.4 Å². The smallest absolute Gasteiger partial charge is 0.304 e. The second-order valence-electron chi connectivity index (χ2n) is 3.67. The fourth-order valence-electron chi connectivity index (χ4n) is 1.43. The third-order valence-corrected chi connectivity index (χ3v) is 3.69. The second-order valence-corrected chi connectivity index (χ2v) is 5.60. The zero-order valence-electron chi connectivity index (χ0n) is 8.40. The van der Waals surface area contributed by atoms with Crippen LogP contribution in [0.1, 0.15) is 12.8 Å². The van der Waals surface area contributed by atoms with Gasteiger partial charge in [-0.15, -0.1) is 0 Å². The molecule has 0 aromatic heterocycles. The lowest BCUT2D eigenvalue weighted by Crippen LogP contribution is -2.32. The van der Waals surface area contributed by atoms with Gasteiger partial charge in [0, 0.05) is 6.54 Å². The molecule has 1 unspecified atom stereocenters. The molecule has 0 radical (unpaired) electrons. The highest BCUT2D eigenvalue weighted by Gasteiger charge is 2.18. The van der Waals surface area contributed by atoms with Gasteiger partial charge in [-0.05, 0) is 25.4 Å². The number of hydrogen-bond acceptors (Lipinski definition) is 4. The Morgan fingerprint density at radius 3 is 2.80 bits per heavy atom. The zero-order chi connectivity index (χ0) is 11.3. The first-order valence-electron chi connectivity index (χ1n) is 4.89. The molecule has 1 atom stereocenters. The Morgan fingerprint density at radius 1 is 1.53 bits per heavy atom. The van der Waals surface area contributed by atoms with Crippen molar-refractivity contribution in [3.8, 4) is 0 Å². The number of carboxylic acids is 1. The van der Waals surface area contributed by atoms with E-state index in [1.165, 1.54) is 0 Å². The van der Waals surface area contributed by atoms with Gasteiger partial charge in [0.05, 0.1) is 12.2 Å². The van der Waals surface area contributed by atoms with Crippen molar-refractivity contribution in [1.29, 1.82) is 0 Å². The highest BCUT2D eigenvalue weighted by atomic mass is 32.2. The maximum Gasteiger partial charge on any atom is 0.304 e. The summed E-state index contributed by atoms with van der Waals surface area (Å²) in [6.07, 6.45) is 0.611. The molecular weight excluding hydrogens is 220 g/mol. The van der Waals surface area contributed by atoms with Crippen molar-refractivity contribution >= 4 is 16.0 Å². The predicted molar refractivity (Wildman–Crippen MR) is 55.0 cm³/mol. The van der Waals surface area contributed by atoms with E-state index in [0.717, 1.165) is 19.5 Å². The van der Waals surface area contributed by atoms with E-state index in [0.29, 0.717) is 12.5 Å². The number of rotatable bonds is 6. The van der Waals surface area contributed by atoms with E-state index in [1.807, 2.05) is 0 Å². The largest absolute Gasteiger partial charge is 0.481 e. The highest BCUT2D eigenvalue weighted by molar-refractivity contribution is 7.89. The average Bonchev–Trinajstić information content (AvgIpc) is 2.65.